The Morgan fingerprint density at radius 3 is 2.39 bits per heavy atom. The number of nitrogens with one attached hydrogen (secondary N) is 1. The quantitative estimate of drug-likeness (QED) is 0.462. The SMILES string of the molecule is COc1ccc(N(CC(=O)NCCCSCc2ccc(Cl)cc2)S(C)(=O)=O)cc1OC. The zero-order chi connectivity index (χ0) is 22.9. The van der Waals surface area contributed by atoms with Gasteiger partial charge in [-0.2, -0.15) is 11.8 Å². The van der Waals surface area contributed by atoms with Crippen molar-refractivity contribution in [1.29, 1.82) is 0 Å². The van der Waals surface area contributed by atoms with E-state index in [1.54, 1.807) is 23.9 Å². The Labute approximate surface area is 193 Å². The minimum Gasteiger partial charge on any atom is -0.493 e. The third kappa shape index (κ3) is 8.16. The van der Waals surface area contributed by atoms with Gasteiger partial charge in [0.05, 0.1) is 26.2 Å². The molecule has 0 aromatic heterocycles. The average molecular weight is 487 g/mol. The number of hydrogen-bond donors (Lipinski definition) is 1. The highest BCUT2D eigenvalue weighted by atomic mass is 35.5. The monoisotopic (exact) mass is 486 g/mol. The second kappa shape index (κ2) is 12.1. The molecule has 0 atom stereocenters. The van der Waals surface area contributed by atoms with Crippen LogP contribution in [-0.2, 0) is 20.6 Å². The number of thioether (sulfide) groups is 1. The van der Waals surface area contributed by atoms with Crippen molar-refractivity contribution < 1.29 is 22.7 Å². The summed E-state index contributed by atoms with van der Waals surface area (Å²) >= 11 is 7.64. The van der Waals surface area contributed by atoms with Crippen LogP contribution in [0.3, 0.4) is 0 Å². The minimum absolute atomic E-state index is 0.313. The van der Waals surface area contributed by atoms with Gasteiger partial charge < -0.3 is 14.8 Å². The number of methoxy groups -OCH3 is 2. The first-order valence-electron chi connectivity index (χ1n) is 9.53. The molecule has 2 aromatic carbocycles. The molecule has 0 heterocycles. The number of carbonyl (C=O) groups excluding carboxylic acids is 1. The first kappa shape index (κ1) is 25.2. The Balaban J connectivity index is 1.84. The molecule has 1 N–H and O–H groups in total. The lowest BCUT2D eigenvalue weighted by Crippen LogP contribution is -2.40. The Hall–Kier alpha value is -2.10. The zero-order valence-corrected chi connectivity index (χ0v) is 20.1. The number of amides is 1. The third-order valence-electron chi connectivity index (χ3n) is 4.31. The highest BCUT2D eigenvalue weighted by Crippen LogP contribution is 2.32. The van der Waals surface area contributed by atoms with Gasteiger partial charge in [0, 0.05) is 23.4 Å². The van der Waals surface area contributed by atoms with Crippen molar-refractivity contribution in [2.24, 2.45) is 0 Å². The van der Waals surface area contributed by atoms with Crippen LogP contribution >= 0.6 is 23.4 Å². The maximum atomic E-state index is 12.3. The lowest BCUT2D eigenvalue weighted by atomic mass is 10.2. The fraction of sp³-hybridized carbons (Fsp3) is 0.381. The summed E-state index contributed by atoms with van der Waals surface area (Å²) in [4.78, 5) is 12.3. The Bertz CT molecular complexity index is 968. The van der Waals surface area contributed by atoms with E-state index >= 15 is 0 Å². The molecular formula is C21H27ClN2O5S2. The lowest BCUT2D eigenvalue weighted by Gasteiger charge is -2.23. The van der Waals surface area contributed by atoms with Gasteiger partial charge in [0.25, 0.3) is 0 Å². The number of ether oxygens (including phenoxy) is 2. The highest BCUT2D eigenvalue weighted by molar-refractivity contribution is 7.98. The fourth-order valence-electron chi connectivity index (χ4n) is 2.74. The molecule has 0 saturated heterocycles. The molecule has 0 saturated carbocycles. The molecular weight excluding hydrogens is 460 g/mol. The number of rotatable bonds is 12. The van der Waals surface area contributed by atoms with Gasteiger partial charge in [0.2, 0.25) is 15.9 Å². The van der Waals surface area contributed by atoms with Crippen LogP contribution in [0.5, 0.6) is 11.5 Å². The van der Waals surface area contributed by atoms with Gasteiger partial charge in [0.15, 0.2) is 11.5 Å². The van der Waals surface area contributed by atoms with Crippen molar-refractivity contribution in [2.75, 3.05) is 43.6 Å². The van der Waals surface area contributed by atoms with E-state index in [1.807, 2.05) is 24.3 Å². The van der Waals surface area contributed by atoms with E-state index < -0.39 is 10.0 Å². The highest BCUT2D eigenvalue weighted by Gasteiger charge is 2.22. The van der Waals surface area contributed by atoms with Crippen LogP contribution in [-0.4, -0.2) is 53.6 Å². The summed E-state index contributed by atoms with van der Waals surface area (Å²) in [7, 11) is -0.712. The van der Waals surface area contributed by atoms with Gasteiger partial charge in [-0.05, 0) is 42.0 Å². The lowest BCUT2D eigenvalue weighted by molar-refractivity contribution is -0.119. The van der Waals surface area contributed by atoms with Crippen LogP contribution < -0.4 is 19.1 Å². The van der Waals surface area contributed by atoms with E-state index in [1.165, 1.54) is 25.8 Å². The molecule has 31 heavy (non-hydrogen) atoms. The second-order valence-corrected chi connectivity index (χ2v) is 10.1. The molecule has 0 fully saturated rings. The predicted octanol–water partition coefficient (Wildman–Crippen LogP) is 3.56. The van der Waals surface area contributed by atoms with Gasteiger partial charge in [-0.3, -0.25) is 9.10 Å². The van der Waals surface area contributed by atoms with E-state index in [4.69, 9.17) is 21.1 Å². The maximum Gasteiger partial charge on any atom is 0.240 e. The van der Waals surface area contributed by atoms with Crippen LogP contribution in [0.1, 0.15) is 12.0 Å². The molecule has 2 rings (SSSR count). The molecule has 0 spiro atoms. The van der Waals surface area contributed by atoms with E-state index in [-0.39, 0.29) is 12.5 Å². The number of benzene rings is 2. The number of anilines is 1. The topological polar surface area (TPSA) is 84.9 Å². The first-order chi connectivity index (χ1) is 14.7. The van der Waals surface area contributed by atoms with E-state index in [0.717, 1.165) is 28.5 Å². The molecule has 0 aliphatic heterocycles. The molecule has 1 amide bonds. The predicted molar refractivity (Wildman–Crippen MR) is 127 cm³/mol. The van der Waals surface area contributed by atoms with Gasteiger partial charge in [-0.1, -0.05) is 23.7 Å². The van der Waals surface area contributed by atoms with Crippen LogP contribution in [0, 0.1) is 0 Å². The van der Waals surface area contributed by atoms with E-state index in [9.17, 15) is 13.2 Å². The Morgan fingerprint density at radius 2 is 1.77 bits per heavy atom. The van der Waals surface area contributed by atoms with Crippen molar-refractivity contribution in [2.45, 2.75) is 12.2 Å². The van der Waals surface area contributed by atoms with Gasteiger partial charge in [-0.25, -0.2) is 8.42 Å². The second-order valence-electron chi connectivity index (χ2n) is 6.69. The molecule has 0 aliphatic carbocycles. The molecule has 0 bridgehead atoms. The van der Waals surface area contributed by atoms with Crippen molar-refractivity contribution >= 4 is 45.0 Å². The third-order valence-corrected chi connectivity index (χ3v) is 6.82. The number of hydrogen-bond acceptors (Lipinski definition) is 6. The molecule has 0 radical (unpaired) electrons. The standard InChI is InChI=1S/C21H27ClN2O5S2/c1-28-19-10-9-18(13-20(19)29-2)24(31(3,26)27)14-21(25)23-11-4-12-30-15-16-5-7-17(22)8-6-16/h5-10,13H,4,11-12,14-15H2,1-3H3,(H,23,25). The maximum absolute atomic E-state index is 12.3. The summed E-state index contributed by atoms with van der Waals surface area (Å²) in [5.74, 6) is 2.22. The Kier molecular flexibility index (Phi) is 9.80. The van der Waals surface area contributed by atoms with Gasteiger partial charge >= 0.3 is 0 Å². The summed E-state index contributed by atoms with van der Waals surface area (Å²) in [5, 5.41) is 3.50. The van der Waals surface area contributed by atoms with E-state index in [0.29, 0.717) is 28.8 Å². The number of halogens is 1. The minimum atomic E-state index is -3.67. The number of nitrogens with zero attached hydrogens (tertiary/aromatic N) is 1. The van der Waals surface area contributed by atoms with Crippen LogP contribution in [0.4, 0.5) is 5.69 Å². The van der Waals surface area contributed by atoms with E-state index in [2.05, 4.69) is 5.32 Å². The van der Waals surface area contributed by atoms with Gasteiger partial charge in [-0.15, -0.1) is 0 Å². The number of sulfonamides is 1. The van der Waals surface area contributed by atoms with Crippen molar-refractivity contribution in [1.82, 2.24) is 5.32 Å². The molecule has 0 aliphatic rings. The van der Waals surface area contributed by atoms with Crippen molar-refractivity contribution in [3.8, 4) is 11.5 Å². The van der Waals surface area contributed by atoms with Crippen molar-refractivity contribution in [3.05, 3.63) is 53.1 Å². The Morgan fingerprint density at radius 1 is 1.10 bits per heavy atom. The summed E-state index contributed by atoms with van der Waals surface area (Å²) in [6.07, 6.45) is 1.84. The average Bonchev–Trinajstić information content (AvgIpc) is 2.74. The molecule has 2 aromatic rings. The van der Waals surface area contributed by atoms with Crippen LogP contribution in [0.2, 0.25) is 5.02 Å². The van der Waals surface area contributed by atoms with Crippen LogP contribution in [0.25, 0.3) is 0 Å². The summed E-state index contributed by atoms with van der Waals surface area (Å²) in [5.41, 5.74) is 1.52. The van der Waals surface area contributed by atoms with Gasteiger partial charge in [0.1, 0.15) is 6.54 Å². The normalized spacial score (nSPS) is 11.1. The fourth-order valence-corrected chi connectivity index (χ4v) is 4.63. The van der Waals surface area contributed by atoms with Crippen LogP contribution in [0.15, 0.2) is 42.5 Å². The summed E-state index contributed by atoms with van der Waals surface area (Å²) < 4.78 is 36.0. The molecule has 7 nitrogen and oxygen atoms in total. The molecule has 0 unspecified atom stereocenters. The smallest absolute Gasteiger partial charge is 0.240 e. The number of carbonyl (C=O) groups is 1. The molecule has 10 heteroatoms. The van der Waals surface area contributed by atoms with Crippen molar-refractivity contribution in [3.63, 3.8) is 0 Å². The summed E-state index contributed by atoms with van der Waals surface area (Å²) in [6.45, 7) is 0.155. The zero-order valence-electron chi connectivity index (χ0n) is 17.8. The molecule has 170 valence electrons. The largest absolute Gasteiger partial charge is 0.493 e. The summed E-state index contributed by atoms with van der Waals surface area (Å²) in [6, 6.07) is 12.4. The first-order valence-corrected chi connectivity index (χ1v) is 12.9.